The van der Waals surface area contributed by atoms with E-state index in [1.54, 1.807) is 11.3 Å². The Kier molecular flexibility index (Phi) is 3.10. The van der Waals surface area contributed by atoms with Crippen LogP contribution >= 0.6 is 22.9 Å². The summed E-state index contributed by atoms with van der Waals surface area (Å²) < 4.78 is 1.12. The van der Waals surface area contributed by atoms with Crippen molar-refractivity contribution in [3.63, 3.8) is 0 Å². The number of benzene rings is 2. The molecule has 5 heteroatoms. The molecule has 1 aliphatic heterocycles. The van der Waals surface area contributed by atoms with Crippen molar-refractivity contribution in [3.8, 4) is 0 Å². The van der Waals surface area contributed by atoms with Crippen LogP contribution in [-0.4, -0.2) is 5.91 Å². The molecule has 0 bridgehead atoms. The van der Waals surface area contributed by atoms with Gasteiger partial charge in [-0.15, -0.1) is 11.3 Å². The van der Waals surface area contributed by atoms with Crippen LogP contribution in [0.3, 0.4) is 0 Å². The maximum absolute atomic E-state index is 12.4. The minimum absolute atomic E-state index is 0.0645. The van der Waals surface area contributed by atoms with Crippen molar-refractivity contribution in [2.75, 3.05) is 5.32 Å². The van der Waals surface area contributed by atoms with Gasteiger partial charge in [0.1, 0.15) is 6.17 Å². The highest BCUT2D eigenvalue weighted by atomic mass is 35.5. The maximum Gasteiger partial charge on any atom is 0.255 e. The number of aryl methyl sites for hydroxylation is 1. The van der Waals surface area contributed by atoms with E-state index in [1.165, 1.54) is 0 Å². The number of amides is 1. The molecule has 1 aliphatic rings. The molecule has 0 radical (unpaired) electrons. The third-order valence-corrected chi connectivity index (χ3v) is 5.65. The van der Waals surface area contributed by atoms with E-state index in [2.05, 4.69) is 10.6 Å². The van der Waals surface area contributed by atoms with Crippen molar-refractivity contribution < 1.29 is 4.79 Å². The van der Waals surface area contributed by atoms with Gasteiger partial charge in [0, 0.05) is 15.8 Å². The molecule has 2 aromatic carbocycles. The Morgan fingerprint density at radius 3 is 2.73 bits per heavy atom. The van der Waals surface area contributed by atoms with E-state index in [9.17, 15) is 4.79 Å². The Morgan fingerprint density at radius 1 is 1.09 bits per heavy atom. The largest absolute Gasteiger partial charge is 0.360 e. The first kappa shape index (κ1) is 13.6. The zero-order chi connectivity index (χ0) is 15.3. The van der Waals surface area contributed by atoms with Crippen LogP contribution in [0, 0.1) is 6.92 Å². The van der Waals surface area contributed by atoms with Gasteiger partial charge in [-0.05, 0) is 24.6 Å². The average Bonchev–Trinajstić information content (AvgIpc) is 2.85. The maximum atomic E-state index is 12.4. The smallest absolute Gasteiger partial charge is 0.255 e. The second-order valence-electron chi connectivity index (χ2n) is 5.32. The van der Waals surface area contributed by atoms with E-state index in [4.69, 9.17) is 11.6 Å². The quantitative estimate of drug-likeness (QED) is 0.678. The molecule has 4 rings (SSSR count). The molecule has 0 saturated heterocycles. The minimum atomic E-state index is -0.299. The number of carbonyl (C=O) groups excluding carboxylic acids is 1. The third-order valence-electron chi connectivity index (χ3n) is 3.90. The number of nitrogens with one attached hydrogen (secondary N) is 2. The van der Waals surface area contributed by atoms with Gasteiger partial charge in [-0.3, -0.25) is 4.79 Å². The summed E-state index contributed by atoms with van der Waals surface area (Å²) >= 11 is 8.12. The molecule has 3 nitrogen and oxygen atoms in total. The summed E-state index contributed by atoms with van der Waals surface area (Å²) in [6.45, 7) is 1.94. The van der Waals surface area contributed by atoms with Gasteiger partial charge in [-0.1, -0.05) is 41.9 Å². The first-order valence-electron chi connectivity index (χ1n) is 6.99. The number of thiophene rings is 1. The van der Waals surface area contributed by atoms with Crippen LogP contribution in [0.25, 0.3) is 10.1 Å². The molecular formula is C17H13ClN2OS. The molecule has 0 fully saturated rings. The van der Waals surface area contributed by atoms with Crippen LogP contribution in [0.4, 0.5) is 5.69 Å². The summed E-state index contributed by atoms with van der Waals surface area (Å²) in [6.07, 6.45) is -0.299. The Morgan fingerprint density at radius 2 is 1.91 bits per heavy atom. The van der Waals surface area contributed by atoms with E-state index >= 15 is 0 Å². The number of fused-ring (bicyclic) bond motifs is 2. The van der Waals surface area contributed by atoms with E-state index in [1.807, 2.05) is 49.4 Å². The van der Waals surface area contributed by atoms with Gasteiger partial charge in [-0.25, -0.2) is 0 Å². The van der Waals surface area contributed by atoms with Crippen molar-refractivity contribution in [2.24, 2.45) is 0 Å². The first-order chi connectivity index (χ1) is 10.6. The molecule has 0 unspecified atom stereocenters. The number of hydrogen-bond acceptors (Lipinski definition) is 3. The molecule has 0 saturated carbocycles. The van der Waals surface area contributed by atoms with Crippen LogP contribution in [0.5, 0.6) is 0 Å². The van der Waals surface area contributed by atoms with Gasteiger partial charge in [-0.2, -0.15) is 0 Å². The summed E-state index contributed by atoms with van der Waals surface area (Å²) in [6, 6.07) is 13.8. The predicted octanol–water partition coefficient (Wildman–Crippen LogP) is 4.72. The van der Waals surface area contributed by atoms with Crippen molar-refractivity contribution in [2.45, 2.75) is 13.1 Å². The fourth-order valence-corrected chi connectivity index (χ4v) is 4.38. The highest BCUT2D eigenvalue weighted by Crippen LogP contribution is 2.40. The molecular weight excluding hydrogens is 316 g/mol. The molecule has 1 aromatic heterocycles. The second-order valence-corrected chi connectivity index (χ2v) is 6.79. The summed E-state index contributed by atoms with van der Waals surface area (Å²) in [7, 11) is 0. The van der Waals surface area contributed by atoms with Gasteiger partial charge in [0.15, 0.2) is 0 Å². The van der Waals surface area contributed by atoms with E-state index < -0.39 is 0 Å². The number of rotatable bonds is 1. The van der Waals surface area contributed by atoms with Crippen LogP contribution in [-0.2, 0) is 0 Å². The van der Waals surface area contributed by atoms with Crippen molar-refractivity contribution in [1.29, 1.82) is 0 Å². The highest BCUT2D eigenvalue weighted by molar-refractivity contribution is 7.19. The lowest BCUT2D eigenvalue weighted by atomic mass is 10.0. The molecule has 2 N–H and O–H groups in total. The Hall–Kier alpha value is -2.04. The standard InChI is InChI=1S/C17H13ClN2OS/c1-9-5-4-7-11-13(9)17(21)20-16(19-11)15-14(18)10-6-2-3-8-12(10)22-15/h2-8,16,19H,1H3,(H,20,21)/t16-/m1/s1. The lowest BCUT2D eigenvalue weighted by Gasteiger charge is -2.28. The summed E-state index contributed by atoms with van der Waals surface area (Å²) in [4.78, 5) is 13.4. The Balaban J connectivity index is 1.81. The predicted molar refractivity (Wildman–Crippen MR) is 91.8 cm³/mol. The molecule has 0 spiro atoms. The zero-order valence-corrected chi connectivity index (χ0v) is 13.4. The van der Waals surface area contributed by atoms with Crippen LogP contribution in [0.15, 0.2) is 42.5 Å². The van der Waals surface area contributed by atoms with Gasteiger partial charge < -0.3 is 10.6 Å². The molecule has 2 heterocycles. The van der Waals surface area contributed by atoms with Gasteiger partial charge in [0.25, 0.3) is 5.91 Å². The monoisotopic (exact) mass is 328 g/mol. The summed E-state index contributed by atoms with van der Waals surface area (Å²) in [5.74, 6) is -0.0645. The highest BCUT2D eigenvalue weighted by Gasteiger charge is 2.28. The van der Waals surface area contributed by atoms with Gasteiger partial charge in [0.2, 0.25) is 0 Å². The van der Waals surface area contributed by atoms with Crippen LogP contribution in [0.1, 0.15) is 27.0 Å². The number of carbonyl (C=O) groups is 1. The molecule has 0 aliphatic carbocycles. The second kappa shape index (κ2) is 5.00. The lowest BCUT2D eigenvalue weighted by Crippen LogP contribution is -2.38. The fourth-order valence-electron chi connectivity index (χ4n) is 2.83. The van der Waals surface area contributed by atoms with Crippen molar-refractivity contribution in [3.05, 3.63) is 63.5 Å². The third kappa shape index (κ3) is 1.99. The Labute approximate surface area is 136 Å². The van der Waals surface area contributed by atoms with Crippen LogP contribution in [0.2, 0.25) is 5.02 Å². The summed E-state index contributed by atoms with van der Waals surface area (Å²) in [5, 5.41) is 8.11. The molecule has 110 valence electrons. The van der Waals surface area contributed by atoms with Crippen LogP contribution < -0.4 is 10.6 Å². The molecule has 1 atom stereocenters. The topological polar surface area (TPSA) is 41.1 Å². The average molecular weight is 329 g/mol. The van der Waals surface area contributed by atoms with E-state index in [-0.39, 0.29) is 12.1 Å². The number of hydrogen-bond donors (Lipinski definition) is 2. The zero-order valence-electron chi connectivity index (χ0n) is 11.8. The van der Waals surface area contributed by atoms with Gasteiger partial charge >= 0.3 is 0 Å². The Bertz CT molecular complexity index is 903. The normalized spacial score (nSPS) is 17.0. The minimum Gasteiger partial charge on any atom is -0.360 e. The molecule has 1 amide bonds. The molecule has 22 heavy (non-hydrogen) atoms. The fraction of sp³-hybridized carbons (Fsp3) is 0.118. The summed E-state index contributed by atoms with van der Waals surface area (Å²) in [5.41, 5.74) is 2.52. The van der Waals surface area contributed by atoms with E-state index in [0.29, 0.717) is 10.6 Å². The number of halogens is 1. The SMILES string of the molecule is Cc1cccc2c1C(=O)N[C@H](c1sc3ccccc3c1Cl)N2. The van der Waals surface area contributed by atoms with Crippen molar-refractivity contribution >= 4 is 44.6 Å². The molecule has 3 aromatic rings. The van der Waals surface area contributed by atoms with E-state index in [0.717, 1.165) is 26.2 Å². The number of anilines is 1. The van der Waals surface area contributed by atoms with Crippen molar-refractivity contribution in [1.82, 2.24) is 5.32 Å². The first-order valence-corrected chi connectivity index (χ1v) is 8.18. The van der Waals surface area contributed by atoms with Gasteiger partial charge in [0.05, 0.1) is 15.5 Å². The lowest BCUT2D eigenvalue weighted by molar-refractivity contribution is 0.0935.